The number of nitrogens with zero attached hydrogens (tertiary/aromatic N) is 3. The zero-order chi connectivity index (χ0) is 26.5. The molecule has 12 heteroatoms. The molecule has 2 N–H and O–H groups in total. The first-order valence-corrected chi connectivity index (χ1v) is 14.7. The number of halogens is 1. The van der Waals surface area contributed by atoms with E-state index in [1.807, 2.05) is 0 Å². The van der Waals surface area contributed by atoms with Crippen molar-refractivity contribution in [2.45, 2.75) is 43.2 Å². The molecule has 200 valence electrons. The minimum atomic E-state index is -2.46. The number of aromatic amines is 1. The van der Waals surface area contributed by atoms with Gasteiger partial charge in [0.2, 0.25) is 0 Å². The number of ether oxygens (including phenoxy) is 3. The van der Waals surface area contributed by atoms with Crippen LogP contribution in [0.2, 0.25) is 5.02 Å². The second-order valence-electron chi connectivity index (χ2n) is 9.74. The van der Waals surface area contributed by atoms with Crippen molar-refractivity contribution in [3.63, 3.8) is 0 Å². The number of imidazole rings is 1. The highest BCUT2D eigenvalue weighted by Crippen LogP contribution is 2.40. The van der Waals surface area contributed by atoms with Crippen LogP contribution >= 0.6 is 11.6 Å². The summed E-state index contributed by atoms with van der Waals surface area (Å²) in [6.07, 6.45) is 2.43. The van der Waals surface area contributed by atoms with Gasteiger partial charge >= 0.3 is 0 Å². The number of rotatable bonds is 5. The van der Waals surface area contributed by atoms with Crippen molar-refractivity contribution in [1.29, 1.82) is 0 Å². The predicted octanol–water partition coefficient (Wildman–Crippen LogP) is 3.53. The molecule has 3 fully saturated rings. The molecule has 6 rings (SSSR count). The van der Waals surface area contributed by atoms with Crippen LogP contribution in [0.15, 0.2) is 47.3 Å². The Hall–Kier alpha value is -2.83. The smallest absolute Gasteiger partial charge is 0.296 e. The highest BCUT2D eigenvalue weighted by atomic mass is 35.5. The fraction of sp³-hybridized carbons (Fsp3) is 0.423. The molecule has 3 aliphatic heterocycles. The number of carbonyl (C=O) groups excluding carboxylic acids is 1. The molecular formula is C26H27ClN4O6S. The molecule has 2 unspecified atom stereocenters. The Balaban J connectivity index is 1.22. The first kappa shape index (κ1) is 25.4. The summed E-state index contributed by atoms with van der Waals surface area (Å²) >= 11 is 6.53. The normalized spacial score (nSPS) is 28.2. The van der Waals surface area contributed by atoms with Gasteiger partial charge in [0.05, 0.1) is 33.7 Å². The van der Waals surface area contributed by atoms with E-state index in [9.17, 15) is 14.1 Å². The molecule has 0 saturated carbocycles. The number of hydrogen-bond acceptors (Lipinski definition) is 8. The van der Waals surface area contributed by atoms with Gasteiger partial charge in [-0.1, -0.05) is 36.2 Å². The third kappa shape index (κ3) is 4.42. The van der Waals surface area contributed by atoms with Gasteiger partial charge in [0.1, 0.15) is 23.3 Å². The van der Waals surface area contributed by atoms with Crippen molar-refractivity contribution >= 4 is 38.4 Å². The monoisotopic (exact) mass is 558 g/mol. The summed E-state index contributed by atoms with van der Waals surface area (Å²) in [4.78, 5) is 24.8. The van der Waals surface area contributed by atoms with Gasteiger partial charge in [0.15, 0.2) is 11.8 Å². The molecule has 0 spiro atoms. The number of fused-ring (bicyclic) bond motifs is 2. The number of benzene rings is 1. The van der Waals surface area contributed by atoms with Crippen molar-refractivity contribution in [1.82, 2.24) is 15.0 Å². The van der Waals surface area contributed by atoms with E-state index in [-0.39, 0.29) is 19.2 Å². The van der Waals surface area contributed by atoms with Gasteiger partial charge in [-0.05, 0) is 31.0 Å². The fourth-order valence-electron chi connectivity index (χ4n) is 5.24. The number of H-pyrrole nitrogens is 1. The average Bonchev–Trinajstić information content (AvgIpc) is 3.57. The molecule has 0 radical (unpaired) electrons. The Kier molecular flexibility index (Phi) is 6.51. The molecular weight excluding hydrogens is 532 g/mol. The second-order valence-corrected chi connectivity index (χ2v) is 12.7. The Morgan fingerprint density at radius 2 is 2.00 bits per heavy atom. The van der Waals surface area contributed by atoms with Gasteiger partial charge in [-0.3, -0.25) is 9.78 Å². The molecule has 38 heavy (non-hydrogen) atoms. The van der Waals surface area contributed by atoms with Crippen molar-refractivity contribution in [3.05, 3.63) is 53.6 Å². The van der Waals surface area contributed by atoms with Crippen LogP contribution in [0.25, 0.3) is 22.4 Å². The van der Waals surface area contributed by atoms with E-state index in [0.29, 0.717) is 44.5 Å². The molecule has 1 aromatic carbocycles. The third-order valence-corrected chi connectivity index (χ3v) is 9.94. The molecule has 3 aliphatic rings. The predicted molar refractivity (Wildman–Crippen MR) is 142 cm³/mol. The van der Waals surface area contributed by atoms with Crippen LogP contribution in [0.3, 0.4) is 0 Å². The van der Waals surface area contributed by atoms with Crippen molar-refractivity contribution in [2.24, 2.45) is 4.36 Å². The Morgan fingerprint density at radius 3 is 2.74 bits per heavy atom. The number of aliphatic hydroxyl groups is 1. The van der Waals surface area contributed by atoms with E-state index in [2.05, 4.69) is 25.9 Å². The number of hydrogen-bond donors (Lipinski definition) is 2. The minimum absolute atomic E-state index is 0.134. The van der Waals surface area contributed by atoms with E-state index in [1.165, 1.54) is 0 Å². The van der Waals surface area contributed by atoms with Crippen molar-refractivity contribution < 1.29 is 28.3 Å². The Labute approximate surface area is 224 Å². The summed E-state index contributed by atoms with van der Waals surface area (Å²) in [5, 5.41) is 10.7. The summed E-state index contributed by atoms with van der Waals surface area (Å²) in [6, 6.07) is 8.64. The van der Waals surface area contributed by atoms with Crippen LogP contribution in [-0.4, -0.2) is 78.8 Å². The lowest BCUT2D eigenvalue weighted by Gasteiger charge is -2.26. The maximum Gasteiger partial charge on any atom is 0.296 e. The van der Waals surface area contributed by atoms with Crippen LogP contribution in [0, 0.1) is 0 Å². The quantitative estimate of drug-likeness (QED) is 0.454. The van der Waals surface area contributed by atoms with Crippen molar-refractivity contribution in [3.8, 4) is 17.3 Å². The molecule has 10 nitrogen and oxygen atoms in total. The van der Waals surface area contributed by atoms with Crippen LogP contribution in [0.4, 0.5) is 0 Å². The Bertz CT molecular complexity index is 1520. The Morgan fingerprint density at radius 1 is 1.24 bits per heavy atom. The van der Waals surface area contributed by atoms with Gasteiger partial charge in [0.25, 0.3) is 11.9 Å². The third-order valence-electron chi connectivity index (χ3n) is 7.30. The number of nitrogens with one attached hydrogen (secondary N) is 1. The lowest BCUT2D eigenvalue weighted by atomic mass is 9.92. The molecule has 1 amide bonds. The topological polar surface area (TPSA) is 136 Å². The molecule has 2 aromatic heterocycles. The van der Waals surface area contributed by atoms with Gasteiger partial charge in [-0.25, -0.2) is 9.19 Å². The average molecular weight is 559 g/mol. The van der Waals surface area contributed by atoms with Crippen LogP contribution in [-0.2, 0) is 19.2 Å². The lowest BCUT2D eigenvalue weighted by molar-refractivity contribution is -0.0398. The van der Waals surface area contributed by atoms with Crippen LogP contribution < -0.4 is 4.74 Å². The number of pyridine rings is 1. The van der Waals surface area contributed by atoms with E-state index in [1.54, 1.807) is 36.4 Å². The van der Waals surface area contributed by atoms with Gasteiger partial charge < -0.3 is 19.3 Å². The van der Waals surface area contributed by atoms with Crippen LogP contribution in [0.1, 0.15) is 29.6 Å². The molecule has 3 saturated heterocycles. The van der Waals surface area contributed by atoms with E-state index in [0.717, 1.165) is 19.3 Å². The van der Waals surface area contributed by atoms with Crippen molar-refractivity contribution in [2.75, 3.05) is 24.7 Å². The summed E-state index contributed by atoms with van der Waals surface area (Å²) < 4.78 is 34.4. The summed E-state index contributed by atoms with van der Waals surface area (Å²) in [5.74, 6) is 0.485. The number of carbonyl (C=O) groups is 1. The molecule has 3 aromatic rings. The van der Waals surface area contributed by atoms with E-state index < -0.39 is 39.5 Å². The zero-order valence-electron chi connectivity index (χ0n) is 20.5. The number of amides is 1. The summed E-state index contributed by atoms with van der Waals surface area (Å²) in [5.41, 5.74) is 1.53. The van der Waals surface area contributed by atoms with Gasteiger partial charge in [-0.2, -0.15) is 9.35 Å². The first-order valence-electron chi connectivity index (χ1n) is 12.5. The van der Waals surface area contributed by atoms with Gasteiger partial charge in [-0.15, -0.1) is 6.58 Å². The maximum atomic E-state index is 12.8. The maximum absolute atomic E-state index is 12.8. The highest BCUT2D eigenvalue weighted by Gasteiger charge is 2.59. The lowest BCUT2D eigenvalue weighted by Crippen LogP contribution is -2.46. The zero-order valence-corrected chi connectivity index (χ0v) is 22.0. The minimum Gasteiger partial charge on any atom is -0.456 e. The molecule has 5 heterocycles. The summed E-state index contributed by atoms with van der Waals surface area (Å²) in [7, 11) is -2.46. The molecule has 0 bridgehead atoms. The second kappa shape index (κ2) is 9.73. The first-order chi connectivity index (χ1) is 18.3. The molecule has 0 aliphatic carbocycles. The number of aromatic nitrogens is 3. The molecule has 4 atom stereocenters. The number of aliphatic hydroxyl groups excluding tert-OH is 1. The largest absolute Gasteiger partial charge is 0.456 e. The van der Waals surface area contributed by atoms with Gasteiger partial charge in [0, 0.05) is 22.6 Å². The standard InChI is InChI=1S/C26H27ClN4O6S/c1-2-26-20(32)14-35-22(26)19(13-36-26)37-25-28-18-12-17(27)21(29-23(18)30-25)15-6-8-16(9-7-15)24(33)31-38(34)10-4-3-5-11-38/h2,6-9,12,19-20,22,32H,1,3-5,10-11,13-14H2,(H,28,29,30)/t19-,20-,22?,26?/m1/s1. The van der Waals surface area contributed by atoms with Crippen LogP contribution in [0.5, 0.6) is 6.01 Å². The SMILES string of the molecule is C=CC12OC[C@@H](Oc3nc4cc(Cl)c(-c5ccc(C(=O)N=S6(=O)CCCCC6)cc5)nc4[nH]3)C1OC[C@H]2O. The van der Waals surface area contributed by atoms with E-state index >= 15 is 0 Å². The highest BCUT2D eigenvalue weighted by molar-refractivity contribution is 7.93. The summed E-state index contributed by atoms with van der Waals surface area (Å²) in [6.45, 7) is 4.13. The fourth-order valence-corrected chi connectivity index (χ4v) is 7.60. The van der Waals surface area contributed by atoms with E-state index in [4.69, 9.17) is 25.8 Å².